The van der Waals surface area contributed by atoms with E-state index in [0.717, 1.165) is 49.9 Å². The van der Waals surface area contributed by atoms with Gasteiger partial charge in [0.1, 0.15) is 0 Å². The lowest BCUT2D eigenvalue weighted by molar-refractivity contribution is -0.123. The van der Waals surface area contributed by atoms with Crippen molar-refractivity contribution in [2.24, 2.45) is 11.7 Å². The van der Waals surface area contributed by atoms with E-state index in [-0.39, 0.29) is 23.7 Å². The summed E-state index contributed by atoms with van der Waals surface area (Å²) in [5.41, 5.74) is 8.74. The number of amides is 1. The van der Waals surface area contributed by atoms with Gasteiger partial charge in [-0.2, -0.15) is 0 Å². The molecule has 0 radical (unpaired) electrons. The summed E-state index contributed by atoms with van der Waals surface area (Å²) < 4.78 is 0. The second-order valence-electron chi connectivity index (χ2n) is 7.36. The Kier molecular flexibility index (Phi) is 5.01. The smallest absolute Gasteiger partial charge is 0.230 e. The number of carbonyl (C=O) groups is 2. The van der Waals surface area contributed by atoms with E-state index in [2.05, 4.69) is 0 Å². The molecule has 0 spiro atoms. The second kappa shape index (κ2) is 7.03. The van der Waals surface area contributed by atoms with E-state index in [1.165, 1.54) is 0 Å². The molecule has 1 aliphatic carbocycles. The van der Waals surface area contributed by atoms with Crippen LogP contribution in [0.15, 0.2) is 18.2 Å². The van der Waals surface area contributed by atoms with Gasteiger partial charge in [0.2, 0.25) is 5.91 Å². The number of nitrogens with two attached hydrogens (primary N) is 1. The Hall–Kier alpha value is -1.72. The molecule has 0 atom stereocenters. The molecular weight excluding hydrogens is 302 g/mol. The van der Waals surface area contributed by atoms with Crippen LogP contribution < -0.4 is 10.6 Å². The van der Waals surface area contributed by atoms with Crippen molar-refractivity contribution in [2.75, 3.05) is 32.1 Å². The number of rotatable bonds is 4. The number of nitrogens with zero attached hydrogens (tertiary/aromatic N) is 2. The van der Waals surface area contributed by atoms with Crippen molar-refractivity contribution < 1.29 is 9.59 Å². The van der Waals surface area contributed by atoms with Gasteiger partial charge < -0.3 is 15.5 Å². The van der Waals surface area contributed by atoms with Crippen molar-refractivity contribution >= 4 is 17.4 Å². The third kappa shape index (κ3) is 3.52. The summed E-state index contributed by atoms with van der Waals surface area (Å²) in [5, 5.41) is 0. The van der Waals surface area contributed by atoms with Crippen LogP contribution in [0.2, 0.25) is 0 Å². The van der Waals surface area contributed by atoms with Crippen LogP contribution in [0.4, 0.5) is 5.69 Å². The van der Waals surface area contributed by atoms with Crippen LogP contribution >= 0.6 is 0 Å². The molecule has 5 heteroatoms. The van der Waals surface area contributed by atoms with Gasteiger partial charge in [-0.3, -0.25) is 9.59 Å². The molecule has 1 aromatic carbocycles. The van der Waals surface area contributed by atoms with E-state index in [1.807, 2.05) is 42.1 Å². The number of Topliss-reactive ketones (excluding diaryl/α,β-unsaturated/α-hetero) is 1. The highest BCUT2D eigenvalue weighted by Gasteiger charge is 2.32. The maximum atomic E-state index is 12.9. The monoisotopic (exact) mass is 329 g/mol. The fraction of sp³-hybridized carbons (Fsp3) is 0.579. The SMILES string of the molecule is CN(C)CC(=O)c1ccc2c(c1)N(C(=O)[C@H]1CC[C@H](N)CC1)CC2. The zero-order chi connectivity index (χ0) is 17.3. The number of hydrogen-bond acceptors (Lipinski definition) is 4. The predicted octanol–water partition coefficient (Wildman–Crippen LogP) is 1.84. The highest BCUT2D eigenvalue weighted by Crippen LogP contribution is 2.33. The summed E-state index contributed by atoms with van der Waals surface area (Å²) in [7, 11) is 3.77. The first-order chi connectivity index (χ1) is 11.5. The van der Waals surface area contributed by atoms with Crippen molar-refractivity contribution in [2.45, 2.75) is 38.1 Å². The van der Waals surface area contributed by atoms with Crippen LogP contribution in [0.25, 0.3) is 0 Å². The average molecular weight is 329 g/mol. The van der Waals surface area contributed by atoms with Crippen LogP contribution in [-0.2, 0) is 11.2 Å². The normalized spacial score (nSPS) is 23.4. The summed E-state index contributed by atoms with van der Waals surface area (Å²) in [4.78, 5) is 29.0. The van der Waals surface area contributed by atoms with Gasteiger partial charge in [0.15, 0.2) is 5.78 Å². The van der Waals surface area contributed by atoms with Gasteiger partial charge in [-0.25, -0.2) is 0 Å². The summed E-state index contributed by atoms with van der Waals surface area (Å²) in [6.45, 7) is 1.11. The molecule has 130 valence electrons. The predicted molar refractivity (Wildman–Crippen MR) is 95.3 cm³/mol. The number of likely N-dealkylation sites (N-methyl/N-ethyl adjacent to an activating group) is 1. The fourth-order valence-electron chi connectivity index (χ4n) is 3.75. The van der Waals surface area contributed by atoms with Gasteiger partial charge in [0.25, 0.3) is 0 Å². The number of fused-ring (bicyclic) bond motifs is 1. The summed E-state index contributed by atoms with van der Waals surface area (Å²) >= 11 is 0. The van der Waals surface area contributed by atoms with Crippen molar-refractivity contribution in [1.82, 2.24) is 4.90 Å². The Morgan fingerprint density at radius 1 is 1.21 bits per heavy atom. The Labute approximate surface area is 143 Å². The summed E-state index contributed by atoms with van der Waals surface area (Å²) in [6.07, 6.45) is 4.49. The molecule has 24 heavy (non-hydrogen) atoms. The van der Waals surface area contributed by atoms with Gasteiger partial charge >= 0.3 is 0 Å². The van der Waals surface area contributed by atoms with E-state index in [9.17, 15) is 9.59 Å². The van der Waals surface area contributed by atoms with E-state index >= 15 is 0 Å². The lowest BCUT2D eigenvalue weighted by Gasteiger charge is -2.29. The highest BCUT2D eigenvalue weighted by molar-refractivity contribution is 6.02. The number of carbonyl (C=O) groups excluding carboxylic acids is 2. The van der Waals surface area contributed by atoms with Crippen molar-refractivity contribution in [3.63, 3.8) is 0 Å². The quantitative estimate of drug-likeness (QED) is 0.856. The number of ketones is 1. The molecule has 2 N–H and O–H groups in total. The fourth-order valence-corrected chi connectivity index (χ4v) is 3.75. The average Bonchev–Trinajstić information content (AvgIpc) is 2.97. The Morgan fingerprint density at radius 2 is 1.92 bits per heavy atom. The zero-order valence-corrected chi connectivity index (χ0v) is 14.6. The van der Waals surface area contributed by atoms with E-state index in [4.69, 9.17) is 5.73 Å². The summed E-state index contributed by atoms with van der Waals surface area (Å²) in [5.74, 6) is 0.375. The molecule has 0 aromatic heterocycles. The van der Waals surface area contributed by atoms with Crippen molar-refractivity contribution in [3.8, 4) is 0 Å². The minimum absolute atomic E-state index is 0.0804. The molecule has 5 nitrogen and oxygen atoms in total. The van der Waals surface area contributed by atoms with Crippen LogP contribution in [0.5, 0.6) is 0 Å². The maximum Gasteiger partial charge on any atom is 0.230 e. The van der Waals surface area contributed by atoms with Gasteiger partial charge in [0.05, 0.1) is 6.54 Å². The lowest BCUT2D eigenvalue weighted by Crippen LogP contribution is -2.38. The minimum atomic E-state index is 0.0804. The zero-order valence-electron chi connectivity index (χ0n) is 14.6. The number of hydrogen-bond donors (Lipinski definition) is 1. The van der Waals surface area contributed by atoms with Crippen molar-refractivity contribution in [3.05, 3.63) is 29.3 Å². The van der Waals surface area contributed by atoms with E-state index < -0.39 is 0 Å². The maximum absolute atomic E-state index is 12.9. The lowest BCUT2D eigenvalue weighted by atomic mass is 9.85. The first-order valence-electron chi connectivity index (χ1n) is 8.83. The molecule has 1 aliphatic heterocycles. The summed E-state index contributed by atoms with van der Waals surface area (Å²) in [6, 6.07) is 6.04. The molecule has 1 aromatic rings. The molecule has 1 fully saturated rings. The molecule has 2 aliphatic rings. The number of anilines is 1. The van der Waals surface area contributed by atoms with Crippen LogP contribution in [-0.4, -0.2) is 49.8 Å². The van der Waals surface area contributed by atoms with E-state index in [0.29, 0.717) is 12.1 Å². The van der Waals surface area contributed by atoms with Crippen LogP contribution in [0.3, 0.4) is 0 Å². The molecule has 1 heterocycles. The molecule has 1 amide bonds. The standard InChI is InChI=1S/C19H27N3O2/c1-21(2)12-18(23)15-4-3-13-9-10-22(17(13)11-15)19(24)14-5-7-16(20)8-6-14/h3-4,11,14,16H,5-10,12,20H2,1-2H3/t14-,16-. The van der Waals surface area contributed by atoms with Crippen LogP contribution in [0.1, 0.15) is 41.6 Å². The van der Waals surface area contributed by atoms with Gasteiger partial charge in [0, 0.05) is 29.8 Å². The van der Waals surface area contributed by atoms with Crippen LogP contribution in [0, 0.1) is 5.92 Å². The topological polar surface area (TPSA) is 66.6 Å². The van der Waals surface area contributed by atoms with Gasteiger partial charge in [-0.05, 0) is 57.8 Å². The largest absolute Gasteiger partial charge is 0.328 e. The highest BCUT2D eigenvalue weighted by atomic mass is 16.2. The second-order valence-corrected chi connectivity index (χ2v) is 7.36. The number of benzene rings is 1. The molecule has 3 rings (SSSR count). The Bertz CT molecular complexity index is 633. The Morgan fingerprint density at radius 3 is 2.58 bits per heavy atom. The van der Waals surface area contributed by atoms with Gasteiger partial charge in [-0.15, -0.1) is 0 Å². The third-order valence-corrected chi connectivity index (χ3v) is 5.15. The molecule has 0 bridgehead atoms. The molecule has 0 saturated heterocycles. The first-order valence-corrected chi connectivity index (χ1v) is 8.83. The first kappa shape index (κ1) is 17.1. The third-order valence-electron chi connectivity index (χ3n) is 5.15. The van der Waals surface area contributed by atoms with Gasteiger partial charge in [-0.1, -0.05) is 12.1 Å². The molecule has 0 unspecified atom stereocenters. The molecular formula is C19H27N3O2. The minimum Gasteiger partial charge on any atom is -0.328 e. The Balaban J connectivity index is 1.77. The van der Waals surface area contributed by atoms with Crippen molar-refractivity contribution in [1.29, 1.82) is 0 Å². The molecule has 1 saturated carbocycles. The van der Waals surface area contributed by atoms with E-state index in [1.54, 1.807) is 0 Å².